The molecule has 4 saturated carbocycles. The highest BCUT2D eigenvalue weighted by molar-refractivity contribution is 5.85. The van der Waals surface area contributed by atoms with Crippen molar-refractivity contribution in [3.63, 3.8) is 0 Å². The first-order valence-corrected chi connectivity index (χ1v) is 9.48. The van der Waals surface area contributed by atoms with Crippen LogP contribution in [-0.2, 0) is 9.59 Å². The first-order chi connectivity index (χ1) is 11.2. The summed E-state index contributed by atoms with van der Waals surface area (Å²) >= 11 is 0. The molecule has 0 radical (unpaired) electrons. The quantitative estimate of drug-likeness (QED) is 0.781. The number of carbonyl (C=O) groups excluding carboxylic acids is 2. The maximum atomic E-state index is 13.3. The lowest BCUT2D eigenvalue weighted by Gasteiger charge is -2.64. The Hall–Kier alpha value is -1.32. The predicted molar refractivity (Wildman–Crippen MR) is 92.8 cm³/mol. The minimum atomic E-state index is -0.297. The van der Waals surface area contributed by atoms with Gasteiger partial charge < -0.3 is 11.1 Å². The Kier molecular flexibility index (Phi) is 3.43. The second kappa shape index (κ2) is 5.09. The number of amides is 2. The zero-order valence-electron chi connectivity index (χ0n) is 14.9. The molecule has 0 aromatic rings. The zero-order chi connectivity index (χ0) is 17.2. The number of hydrogen-bond acceptors (Lipinski definition) is 2. The monoisotopic (exact) mass is 330 g/mol. The summed E-state index contributed by atoms with van der Waals surface area (Å²) in [6, 6.07) is -0.131. The molecule has 0 aliphatic heterocycles. The summed E-state index contributed by atoms with van der Waals surface area (Å²) < 4.78 is 0. The highest BCUT2D eigenvalue weighted by Crippen LogP contribution is 2.69. The fraction of sp³-hybridized carbons (Fsp3) is 0.800. The SMILES string of the molecule is C[C@]12CC3CC(C(=O)N[C@H]4CC=CC[C@H]4C(N)=O)(C1)C[C@](C)(C3)C2. The largest absolute Gasteiger partial charge is 0.369 e. The first-order valence-electron chi connectivity index (χ1n) is 9.48. The lowest BCUT2D eigenvalue weighted by molar-refractivity contribution is -0.171. The van der Waals surface area contributed by atoms with Crippen molar-refractivity contribution in [2.45, 2.75) is 71.3 Å². The summed E-state index contributed by atoms with van der Waals surface area (Å²) in [7, 11) is 0. The Labute approximate surface area is 144 Å². The van der Waals surface area contributed by atoms with Crippen molar-refractivity contribution in [3.8, 4) is 0 Å². The lowest BCUT2D eigenvalue weighted by atomic mass is 9.40. The van der Waals surface area contributed by atoms with Crippen LogP contribution in [0.1, 0.15) is 65.2 Å². The summed E-state index contributed by atoms with van der Waals surface area (Å²) in [6.07, 6.45) is 12.3. The number of hydrogen-bond donors (Lipinski definition) is 2. The van der Waals surface area contributed by atoms with Crippen molar-refractivity contribution in [2.24, 2.45) is 33.8 Å². The van der Waals surface area contributed by atoms with Gasteiger partial charge in [0.1, 0.15) is 0 Å². The molecule has 132 valence electrons. The molecule has 0 heterocycles. The van der Waals surface area contributed by atoms with Crippen molar-refractivity contribution in [1.82, 2.24) is 5.32 Å². The average Bonchev–Trinajstić information content (AvgIpc) is 2.43. The van der Waals surface area contributed by atoms with E-state index >= 15 is 0 Å². The van der Waals surface area contributed by atoms with Gasteiger partial charge in [-0.15, -0.1) is 0 Å². The molecule has 24 heavy (non-hydrogen) atoms. The molecule has 0 saturated heterocycles. The topological polar surface area (TPSA) is 72.2 Å². The summed E-state index contributed by atoms with van der Waals surface area (Å²) in [5.74, 6) is 0.323. The normalized spacial score (nSPS) is 49.2. The zero-order valence-corrected chi connectivity index (χ0v) is 14.9. The van der Waals surface area contributed by atoms with Gasteiger partial charge in [0.05, 0.1) is 11.3 Å². The second-order valence-electron chi connectivity index (χ2n) is 9.94. The molecule has 0 aromatic carbocycles. The third kappa shape index (κ3) is 2.49. The van der Waals surface area contributed by atoms with Crippen LogP contribution in [0.5, 0.6) is 0 Å². The van der Waals surface area contributed by atoms with Crippen molar-refractivity contribution < 1.29 is 9.59 Å². The molecule has 0 unspecified atom stereocenters. The molecule has 5 aliphatic carbocycles. The standard InChI is InChI=1S/C20H30N2O2/c1-18-7-13-8-19(2,10-18)12-20(9-13,11-18)17(24)22-15-6-4-3-5-14(15)16(21)23/h3-4,13-15H,5-12H2,1-2H3,(H2,21,23)(H,22,24)/t13?,14-,15+,18-,19-,20?/m1/s1. The number of carbonyl (C=O) groups is 2. The maximum absolute atomic E-state index is 13.3. The molecule has 4 heteroatoms. The van der Waals surface area contributed by atoms with Gasteiger partial charge in [0.15, 0.2) is 0 Å². The lowest BCUT2D eigenvalue weighted by Crippen LogP contribution is -2.61. The van der Waals surface area contributed by atoms with E-state index in [9.17, 15) is 9.59 Å². The van der Waals surface area contributed by atoms with Crippen LogP contribution in [0.15, 0.2) is 12.2 Å². The Bertz CT molecular complexity index is 593. The van der Waals surface area contributed by atoms with E-state index < -0.39 is 0 Å². The molecular formula is C20H30N2O2. The van der Waals surface area contributed by atoms with E-state index in [4.69, 9.17) is 5.73 Å². The van der Waals surface area contributed by atoms with Gasteiger partial charge in [-0.3, -0.25) is 9.59 Å². The summed E-state index contributed by atoms with van der Waals surface area (Å²) in [5, 5.41) is 3.25. The van der Waals surface area contributed by atoms with Gasteiger partial charge in [0.2, 0.25) is 11.8 Å². The third-order valence-corrected chi connectivity index (χ3v) is 7.22. The van der Waals surface area contributed by atoms with Gasteiger partial charge in [-0.25, -0.2) is 0 Å². The van der Waals surface area contributed by atoms with Crippen LogP contribution in [0, 0.1) is 28.1 Å². The average molecular weight is 330 g/mol. The summed E-state index contributed by atoms with van der Waals surface area (Å²) in [6.45, 7) is 4.76. The fourth-order valence-electron chi connectivity index (χ4n) is 7.31. The Morgan fingerprint density at radius 2 is 1.62 bits per heavy atom. The number of allylic oxidation sites excluding steroid dienone is 1. The van der Waals surface area contributed by atoms with Crippen LogP contribution >= 0.6 is 0 Å². The molecule has 4 nitrogen and oxygen atoms in total. The Balaban J connectivity index is 1.56. The van der Waals surface area contributed by atoms with Gasteiger partial charge in [-0.05, 0) is 68.1 Å². The van der Waals surface area contributed by atoms with E-state index in [1.165, 1.54) is 19.3 Å². The number of primary amides is 1. The minimum absolute atomic E-state index is 0.131. The molecule has 0 aromatic heterocycles. The Morgan fingerprint density at radius 1 is 1.00 bits per heavy atom. The number of rotatable bonds is 3. The molecule has 2 amide bonds. The van der Waals surface area contributed by atoms with E-state index in [0.717, 1.165) is 19.3 Å². The van der Waals surface area contributed by atoms with Crippen LogP contribution < -0.4 is 11.1 Å². The van der Waals surface area contributed by atoms with Gasteiger partial charge in [0.25, 0.3) is 0 Å². The van der Waals surface area contributed by atoms with Crippen molar-refractivity contribution in [2.75, 3.05) is 0 Å². The van der Waals surface area contributed by atoms with Crippen LogP contribution in [0.4, 0.5) is 0 Å². The van der Waals surface area contributed by atoms with Crippen LogP contribution in [0.3, 0.4) is 0 Å². The molecule has 3 N–H and O–H groups in total. The van der Waals surface area contributed by atoms with E-state index in [1.54, 1.807) is 0 Å². The summed E-state index contributed by atoms with van der Waals surface area (Å²) in [4.78, 5) is 25.1. The second-order valence-corrected chi connectivity index (χ2v) is 9.94. The van der Waals surface area contributed by atoms with E-state index in [-0.39, 0.29) is 29.2 Å². The molecule has 5 aliphatic rings. The van der Waals surface area contributed by atoms with Gasteiger partial charge >= 0.3 is 0 Å². The van der Waals surface area contributed by atoms with Crippen LogP contribution in [0.25, 0.3) is 0 Å². The smallest absolute Gasteiger partial charge is 0.226 e. The van der Waals surface area contributed by atoms with Crippen LogP contribution in [0.2, 0.25) is 0 Å². The maximum Gasteiger partial charge on any atom is 0.226 e. The molecule has 4 fully saturated rings. The van der Waals surface area contributed by atoms with E-state index in [2.05, 4.69) is 25.2 Å². The van der Waals surface area contributed by atoms with Crippen molar-refractivity contribution in [3.05, 3.63) is 12.2 Å². The third-order valence-electron chi connectivity index (χ3n) is 7.22. The number of nitrogens with one attached hydrogen (secondary N) is 1. The van der Waals surface area contributed by atoms with Gasteiger partial charge in [-0.2, -0.15) is 0 Å². The molecule has 4 bridgehead atoms. The first kappa shape index (κ1) is 16.2. The highest BCUT2D eigenvalue weighted by Gasteiger charge is 2.62. The van der Waals surface area contributed by atoms with E-state index in [0.29, 0.717) is 29.6 Å². The predicted octanol–water partition coefficient (Wildman–Crippen LogP) is 2.92. The Morgan fingerprint density at radius 3 is 2.21 bits per heavy atom. The van der Waals surface area contributed by atoms with Gasteiger partial charge in [0, 0.05) is 6.04 Å². The van der Waals surface area contributed by atoms with Gasteiger partial charge in [-0.1, -0.05) is 26.0 Å². The number of nitrogens with two attached hydrogens (primary N) is 1. The summed E-state index contributed by atoms with van der Waals surface area (Å²) in [5.41, 5.74) is 5.98. The fourth-order valence-corrected chi connectivity index (χ4v) is 7.31. The van der Waals surface area contributed by atoms with Crippen molar-refractivity contribution in [1.29, 1.82) is 0 Å². The van der Waals surface area contributed by atoms with E-state index in [1.807, 2.05) is 6.08 Å². The molecular weight excluding hydrogens is 300 g/mol. The molecule has 5 rings (SSSR count). The minimum Gasteiger partial charge on any atom is -0.369 e. The molecule has 0 spiro atoms. The highest BCUT2D eigenvalue weighted by atomic mass is 16.2. The van der Waals surface area contributed by atoms with Crippen molar-refractivity contribution >= 4 is 11.8 Å². The molecule has 4 atom stereocenters. The van der Waals surface area contributed by atoms with Crippen LogP contribution in [-0.4, -0.2) is 17.9 Å².